The molecule has 0 bridgehead atoms. The van der Waals surface area contributed by atoms with E-state index in [1.165, 1.54) is 43.3 Å². The molecule has 0 radical (unpaired) electrons. The van der Waals surface area contributed by atoms with E-state index >= 15 is 0 Å². The Labute approximate surface area is 194 Å². The summed E-state index contributed by atoms with van der Waals surface area (Å²) in [4.78, 5) is 51.5. The highest BCUT2D eigenvalue weighted by molar-refractivity contribution is 6.42. The lowest BCUT2D eigenvalue weighted by Gasteiger charge is -2.17. The molecular weight excluding hydrogens is 455 g/mol. The van der Waals surface area contributed by atoms with Gasteiger partial charge in [-0.3, -0.25) is 14.4 Å². The van der Waals surface area contributed by atoms with Crippen LogP contribution in [0.4, 0.5) is 5.69 Å². The molecule has 1 heterocycles. The summed E-state index contributed by atoms with van der Waals surface area (Å²) >= 11 is 11.9. The van der Waals surface area contributed by atoms with Crippen molar-refractivity contribution in [1.82, 2.24) is 5.32 Å². The van der Waals surface area contributed by atoms with Crippen molar-refractivity contribution in [2.75, 3.05) is 4.90 Å². The molecule has 1 unspecified atom stereocenters. The van der Waals surface area contributed by atoms with Gasteiger partial charge < -0.3 is 10.1 Å². The minimum Gasteiger partial charge on any atom is -0.449 e. The number of nitrogens with one attached hydrogen (secondary N) is 1. The SMILES string of the molecule is CC(OC(=O)c1ccc2c(c1)C(=O)N(c1ccc(Cl)c(Cl)c1)C2=O)C(=O)NC1CCCC1. The monoisotopic (exact) mass is 474 g/mol. The van der Waals surface area contributed by atoms with Crippen LogP contribution in [-0.4, -0.2) is 35.8 Å². The third kappa shape index (κ3) is 4.23. The van der Waals surface area contributed by atoms with Crippen LogP contribution in [0.1, 0.15) is 63.7 Å². The molecule has 2 aromatic carbocycles. The molecule has 9 heteroatoms. The molecule has 1 N–H and O–H groups in total. The number of hydrogen-bond acceptors (Lipinski definition) is 5. The van der Waals surface area contributed by atoms with Gasteiger partial charge in [0.2, 0.25) is 0 Å². The summed E-state index contributed by atoms with van der Waals surface area (Å²) in [6.45, 7) is 1.50. The number of halogens is 2. The number of ether oxygens (including phenoxy) is 1. The topological polar surface area (TPSA) is 92.8 Å². The molecule has 1 aliphatic heterocycles. The quantitative estimate of drug-likeness (QED) is 0.511. The molecule has 2 aliphatic rings. The van der Waals surface area contributed by atoms with E-state index in [1.807, 2.05) is 0 Å². The molecule has 32 heavy (non-hydrogen) atoms. The second kappa shape index (κ2) is 8.92. The van der Waals surface area contributed by atoms with Crippen LogP contribution in [-0.2, 0) is 9.53 Å². The highest BCUT2D eigenvalue weighted by atomic mass is 35.5. The lowest BCUT2D eigenvalue weighted by atomic mass is 10.1. The standard InChI is InChI=1S/C23H20Cl2N2O5/c1-12(20(28)26-14-4-2-3-5-14)32-23(31)13-6-8-16-17(10-13)22(30)27(21(16)29)15-7-9-18(24)19(25)11-15/h6-12,14H,2-5H2,1H3,(H,26,28). The first-order valence-electron chi connectivity index (χ1n) is 10.3. The molecule has 1 aliphatic carbocycles. The van der Waals surface area contributed by atoms with E-state index in [4.69, 9.17) is 27.9 Å². The fourth-order valence-corrected chi connectivity index (χ4v) is 4.19. The van der Waals surface area contributed by atoms with Crippen LogP contribution in [0.15, 0.2) is 36.4 Å². The Morgan fingerprint density at radius 2 is 1.69 bits per heavy atom. The number of esters is 1. The first-order valence-corrected chi connectivity index (χ1v) is 11.0. The first kappa shape index (κ1) is 22.3. The first-order chi connectivity index (χ1) is 15.3. The van der Waals surface area contributed by atoms with Gasteiger partial charge in [-0.25, -0.2) is 9.69 Å². The predicted octanol–water partition coefficient (Wildman–Crippen LogP) is 4.40. The molecule has 0 saturated heterocycles. The second-order valence-electron chi connectivity index (χ2n) is 7.84. The molecule has 0 spiro atoms. The maximum Gasteiger partial charge on any atom is 0.338 e. The van der Waals surface area contributed by atoms with Gasteiger partial charge in [0.25, 0.3) is 17.7 Å². The van der Waals surface area contributed by atoms with E-state index in [9.17, 15) is 19.2 Å². The van der Waals surface area contributed by atoms with E-state index in [-0.39, 0.29) is 39.3 Å². The predicted molar refractivity (Wildman–Crippen MR) is 119 cm³/mol. The molecular formula is C23H20Cl2N2O5. The van der Waals surface area contributed by atoms with Gasteiger partial charge >= 0.3 is 5.97 Å². The van der Waals surface area contributed by atoms with E-state index in [0.29, 0.717) is 5.02 Å². The zero-order valence-electron chi connectivity index (χ0n) is 17.2. The molecule has 4 rings (SSSR count). The van der Waals surface area contributed by atoms with Crippen LogP contribution < -0.4 is 10.2 Å². The van der Waals surface area contributed by atoms with Crippen LogP contribution in [0.5, 0.6) is 0 Å². The number of carbonyl (C=O) groups is 4. The summed E-state index contributed by atoms with van der Waals surface area (Å²) in [5.41, 5.74) is 0.566. The largest absolute Gasteiger partial charge is 0.449 e. The molecule has 166 valence electrons. The molecule has 2 aromatic rings. The van der Waals surface area contributed by atoms with Crippen molar-refractivity contribution < 1.29 is 23.9 Å². The number of imide groups is 1. The fraction of sp³-hybridized carbons (Fsp3) is 0.304. The molecule has 1 atom stereocenters. The molecule has 7 nitrogen and oxygen atoms in total. The summed E-state index contributed by atoms with van der Waals surface area (Å²) in [5, 5.41) is 3.38. The number of fused-ring (bicyclic) bond motifs is 1. The summed E-state index contributed by atoms with van der Waals surface area (Å²) in [7, 11) is 0. The molecule has 1 fully saturated rings. The van der Waals surface area contributed by atoms with Crippen molar-refractivity contribution in [1.29, 1.82) is 0 Å². The van der Waals surface area contributed by atoms with Gasteiger partial charge in [0.15, 0.2) is 6.10 Å². The van der Waals surface area contributed by atoms with Gasteiger partial charge in [-0.05, 0) is 56.2 Å². The fourth-order valence-electron chi connectivity index (χ4n) is 3.90. The van der Waals surface area contributed by atoms with Crippen molar-refractivity contribution in [2.45, 2.75) is 44.8 Å². The van der Waals surface area contributed by atoms with Crippen LogP contribution in [0.25, 0.3) is 0 Å². The van der Waals surface area contributed by atoms with Gasteiger partial charge in [-0.1, -0.05) is 36.0 Å². The van der Waals surface area contributed by atoms with E-state index in [1.54, 1.807) is 0 Å². The van der Waals surface area contributed by atoms with Crippen LogP contribution >= 0.6 is 23.2 Å². The van der Waals surface area contributed by atoms with Crippen molar-refractivity contribution in [3.05, 3.63) is 63.1 Å². The van der Waals surface area contributed by atoms with Crippen LogP contribution in [0.2, 0.25) is 10.0 Å². The lowest BCUT2D eigenvalue weighted by molar-refractivity contribution is -0.129. The summed E-state index contributed by atoms with van der Waals surface area (Å²) in [6, 6.07) is 8.63. The van der Waals surface area contributed by atoms with Crippen LogP contribution in [0, 0.1) is 0 Å². The number of nitrogens with zero attached hydrogens (tertiary/aromatic N) is 1. The average Bonchev–Trinajstić information content (AvgIpc) is 3.36. The van der Waals surface area contributed by atoms with Gasteiger partial charge in [-0.2, -0.15) is 0 Å². The highest BCUT2D eigenvalue weighted by Gasteiger charge is 2.37. The lowest BCUT2D eigenvalue weighted by Crippen LogP contribution is -2.40. The number of anilines is 1. The molecule has 3 amide bonds. The minimum atomic E-state index is -0.985. The Morgan fingerprint density at radius 1 is 1.00 bits per heavy atom. The minimum absolute atomic E-state index is 0.0681. The van der Waals surface area contributed by atoms with E-state index < -0.39 is 23.9 Å². The normalized spacial score (nSPS) is 16.8. The molecule has 0 aromatic heterocycles. The summed E-state index contributed by atoms with van der Waals surface area (Å²) in [5.74, 6) is -2.24. The third-order valence-electron chi connectivity index (χ3n) is 5.64. The Bertz CT molecular complexity index is 1130. The third-order valence-corrected chi connectivity index (χ3v) is 6.38. The summed E-state index contributed by atoms with van der Waals surface area (Å²) < 4.78 is 5.28. The van der Waals surface area contributed by atoms with Gasteiger partial charge in [-0.15, -0.1) is 0 Å². The Kier molecular flexibility index (Phi) is 6.22. The summed E-state index contributed by atoms with van der Waals surface area (Å²) in [6.07, 6.45) is 2.99. The van der Waals surface area contributed by atoms with Crippen molar-refractivity contribution in [3.63, 3.8) is 0 Å². The Morgan fingerprint density at radius 3 is 2.38 bits per heavy atom. The Balaban J connectivity index is 1.49. The smallest absolute Gasteiger partial charge is 0.338 e. The van der Waals surface area contributed by atoms with Gasteiger partial charge in [0.1, 0.15) is 0 Å². The number of carbonyl (C=O) groups excluding carboxylic acids is 4. The zero-order valence-corrected chi connectivity index (χ0v) is 18.7. The number of rotatable bonds is 5. The Hall–Kier alpha value is -2.90. The van der Waals surface area contributed by atoms with Crippen molar-refractivity contribution in [3.8, 4) is 0 Å². The number of benzene rings is 2. The van der Waals surface area contributed by atoms with Crippen molar-refractivity contribution >= 4 is 52.6 Å². The second-order valence-corrected chi connectivity index (χ2v) is 8.66. The van der Waals surface area contributed by atoms with Gasteiger partial charge in [0.05, 0.1) is 32.4 Å². The highest BCUT2D eigenvalue weighted by Crippen LogP contribution is 2.33. The average molecular weight is 475 g/mol. The molecule has 1 saturated carbocycles. The van der Waals surface area contributed by atoms with E-state index in [0.717, 1.165) is 30.6 Å². The van der Waals surface area contributed by atoms with E-state index in [2.05, 4.69) is 5.32 Å². The number of hydrogen-bond donors (Lipinski definition) is 1. The van der Waals surface area contributed by atoms with Crippen LogP contribution in [0.3, 0.4) is 0 Å². The maximum atomic E-state index is 12.9. The van der Waals surface area contributed by atoms with Crippen molar-refractivity contribution in [2.24, 2.45) is 0 Å². The zero-order chi connectivity index (χ0) is 23.0. The maximum absolute atomic E-state index is 12.9. The van der Waals surface area contributed by atoms with Gasteiger partial charge in [0, 0.05) is 6.04 Å². The number of amides is 3.